The van der Waals surface area contributed by atoms with Gasteiger partial charge in [-0.1, -0.05) is 41.4 Å². The van der Waals surface area contributed by atoms with E-state index in [2.05, 4.69) is 11.1 Å². The van der Waals surface area contributed by atoms with Gasteiger partial charge in [0.1, 0.15) is 16.9 Å². The van der Waals surface area contributed by atoms with Crippen LogP contribution in [0.1, 0.15) is 10.6 Å². The molecule has 3 rings (SSSR count). The van der Waals surface area contributed by atoms with Crippen LogP contribution < -0.4 is 0 Å². The summed E-state index contributed by atoms with van der Waals surface area (Å²) in [7, 11) is 0. The molecule has 2 nitrogen and oxygen atoms in total. The summed E-state index contributed by atoms with van der Waals surface area (Å²) in [6, 6.07) is 13.7. The molecule has 6 heteroatoms. The van der Waals surface area contributed by atoms with Crippen molar-refractivity contribution in [3.05, 3.63) is 74.3 Å². The highest BCUT2D eigenvalue weighted by molar-refractivity contribution is 7.11. The number of nitrogens with zero attached hydrogens (tertiary/aromatic N) is 2. The molecule has 0 N–H and O–H groups in total. The topological polar surface area (TPSA) is 36.7 Å². The zero-order chi connectivity index (χ0) is 17.1. The molecular formula is C18H9Cl2FN2S. The first-order valence-corrected chi connectivity index (χ1v) is 8.49. The second-order valence-corrected chi connectivity index (χ2v) is 6.55. The van der Waals surface area contributed by atoms with Crippen LogP contribution >= 0.6 is 34.5 Å². The lowest BCUT2D eigenvalue weighted by atomic mass is 10.1. The predicted molar refractivity (Wildman–Crippen MR) is 97.5 cm³/mol. The van der Waals surface area contributed by atoms with Crippen LogP contribution in [0.25, 0.3) is 22.9 Å². The molecule has 3 aromatic rings. The summed E-state index contributed by atoms with van der Waals surface area (Å²) in [5.74, 6) is -0.482. The first-order valence-electron chi connectivity index (χ1n) is 6.86. The van der Waals surface area contributed by atoms with E-state index >= 15 is 0 Å². The lowest BCUT2D eigenvalue weighted by Gasteiger charge is -2.01. The summed E-state index contributed by atoms with van der Waals surface area (Å²) in [6.45, 7) is 0. The molecule has 0 amide bonds. The summed E-state index contributed by atoms with van der Waals surface area (Å²) in [5, 5.41) is 12.6. The summed E-state index contributed by atoms with van der Waals surface area (Å²) in [4.78, 5) is 4.46. The van der Waals surface area contributed by atoms with Crippen molar-refractivity contribution in [1.29, 1.82) is 5.26 Å². The van der Waals surface area contributed by atoms with E-state index < -0.39 is 5.82 Å². The van der Waals surface area contributed by atoms with E-state index in [1.54, 1.807) is 18.2 Å². The Bertz CT molecular complexity index is 936. The molecule has 0 bridgehead atoms. The summed E-state index contributed by atoms with van der Waals surface area (Å²) >= 11 is 13.2. The van der Waals surface area contributed by atoms with E-state index in [4.69, 9.17) is 23.2 Å². The maximum Gasteiger partial charge on any atom is 0.134 e. The molecule has 1 heterocycles. The number of benzene rings is 2. The number of halogens is 3. The van der Waals surface area contributed by atoms with E-state index in [0.29, 0.717) is 10.0 Å². The molecule has 0 fully saturated rings. The third-order valence-corrected chi connectivity index (χ3v) is 4.74. The SMILES string of the molecule is N#C/C(=C/c1c(F)cccc1Cl)c1nc(-c2ccc(Cl)cc2)cs1. The molecule has 0 atom stereocenters. The van der Waals surface area contributed by atoms with Crippen LogP contribution in [0.5, 0.6) is 0 Å². The van der Waals surface area contributed by atoms with Crippen LogP contribution in [0, 0.1) is 17.1 Å². The fourth-order valence-electron chi connectivity index (χ4n) is 2.09. The quantitative estimate of drug-likeness (QED) is 0.502. The molecule has 0 spiro atoms. The highest BCUT2D eigenvalue weighted by Crippen LogP contribution is 2.30. The first kappa shape index (κ1) is 16.7. The molecule has 1 aromatic heterocycles. The Morgan fingerprint density at radius 3 is 2.58 bits per heavy atom. The smallest absolute Gasteiger partial charge is 0.134 e. The summed E-state index contributed by atoms with van der Waals surface area (Å²) < 4.78 is 13.9. The van der Waals surface area contributed by atoms with E-state index in [1.165, 1.54) is 29.5 Å². The lowest BCUT2D eigenvalue weighted by Crippen LogP contribution is -1.87. The fourth-order valence-corrected chi connectivity index (χ4v) is 3.22. The average molecular weight is 375 g/mol. The van der Waals surface area contributed by atoms with Crippen LogP contribution in [0.3, 0.4) is 0 Å². The Balaban J connectivity index is 2.00. The second kappa shape index (κ2) is 7.14. The van der Waals surface area contributed by atoms with Crippen molar-refractivity contribution in [2.45, 2.75) is 0 Å². The number of nitriles is 1. The highest BCUT2D eigenvalue weighted by Gasteiger charge is 2.12. The molecule has 118 valence electrons. The van der Waals surface area contributed by atoms with E-state index in [9.17, 15) is 9.65 Å². The molecule has 0 radical (unpaired) electrons. The van der Waals surface area contributed by atoms with Gasteiger partial charge in [0.2, 0.25) is 0 Å². The molecule has 0 saturated heterocycles. The largest absolute Gasteiger partial charge is 0.235 e. The lowest BCUT2D eigenvalue weighted by molar-refractivity contribution is 0.625. The van der Waals surface area contributed by atoms with Gasteiger partial charge >= 0.3 is 0 Å². The normalized spacial score (nSPS) is 11.3. The van der Waals surface area contributed by atoms with Gasteiger partial charge in [-0.3, -0.25) is 0 Å². The Kier molecular flexibility index (Phi) is 4.96. The Morgan fingerprint density at radius 1 is 1.17 bits per heavy atom. The first-order chi connectivity index (χ1) is 11.6. The van der Waals surface area contributed by atoms with Gasteiger partial charge in [0.05, 0.1) is 16.3 Å². The van der Waals surface area contributed by atoms with Crippen molar-refractivity contribution >= 4 is 46.2 Å². The van der Waals surface area contributed by atoms with Crippen LogP contribution in [0.4, 0.5) is 4.39 Å². The minimum absolute atomic E-state index is 0.180. The van der Waals surface area contributed by atoms with Gasteiger partial charge in [-0.05, 0) is 30.3 Å². The molecule has 2 aromatic carbocycles. The number of hydrogen-bond donors (Lipinski definition) is 0. The van der Waals surface area contributed by atoms with Gasteiger partial charge in [0.15, 0.2) is 0 Å². The molecule has 0 saturated carbocycles. The monoisotopic (exact) mass is 374 g/mol. The zero-order valence-corrected chi connectivity index (χ0v) is 14.5. The van der Waals surface area contributed by atoms with E-state index in [0.717, 1.165) is 11.3 Å². The maximum atomic E-state index is 13.9. The molecular weight excluding hydrogens is 366 g/mol. The van der Waals surface area contributed by atoms with Gasteiger partial charge in [-0.15, -0.1) is 11.3 Å². The van der Waals surface area contributed by atoms with Crippen molar-refractivity contribution in [3.8, 4) is 17.3 Å². The van der Waals surface area contributed by atoms with Crippen LogP contribution in [0.15, 0.2) is 47.8 Å². The number of rotatable bonds is 3. The number of hydrogen-bond acceptors (Lipinski definition) is 3. The van der Waals surface area contributed by atoms with Gasteiger partial charge < -0.3 is 0 Å². The van der Waals surface area contributed by atoms with E-state index in [-0.39, 0.29) is 16.2 Å². The minimum Gasteiger partial charge on any atom is -0.235 e. The maximum absolute atomic E-state index is 13.9. The average Bonchev–Trinajstić information content (AvgIpc) is 3.05. The molecule has 0 unspecified atom stereocenters. The Morgan fingerprint density at radius 2 is 1.92 bits per heavy atom. The third-order valence-electron chi connectivity index (χ3n) is 3.28. The molecule has 0 aliphatic heterocycles. The van der Waals surface area contributed by atoms with Crippen molar-refractivity contribution in [2.75, 3.05) is 0 Å². The standard InChI is InChI=1S/C18H9Cl2FN2S/c19-13-6-4-11(5-7-13)17-10-24-18(23-17)12(9-22)8-14-15(20)2-1-3-16(14)21/h1-8,10H/b12-8-. The molecule has 0 aliphatic rings. The van der Waals surface area contributed by atoms with Crippen molar-refractivity contribution < 1.29 is 4.39 Å². The van der Waals surface area contributed by atoms with Crippen molar-refractivity contribution in [2.24, 2.45) is 0 Å². The predicted octanol–water partition coefficient (Wildman–Crippen LogP) is 6.32. The third kappa shape index (κ3) is 3.49. The van der Waals surface area contributed by atoms with Crippen LogP contribution in [0.2, 0.25) is 10.0 Å². The highest BCUT2D eigenvalue weighted by atomic mass is 35.5. The number of allylic oxidation sites excluding steroid dienone is 1. The second-order valence-electron chi connectivity index (χ2n) is 4.85. The Hall–Kier alpha value is -2.19. The minimum atomic E-state index is -0.482. The van der Waals surface area contributed by atoms with Crippen molar-refractivity contribution in [1.82, 2.24) is 4.98 Å². The molecule has 0 aliphatic carbocycles. The fraction of sp³-hybridized carbons (Fsp3) is 0. The van der Waals surface area contributed by atoms with Gasteiger partial charge in [-0.25, -0.2) is 9.37 Å². The Labute approximate surface area is 152 Å². The van der Waals surface area contributed by atoms with Gasteiger partial charge in [-0.2, -0.15) is 5.26 Å². The van der Waals surface area contributed by atoms with Crippen molar-refractivity contribution in [3.63, 3.8) is 0 Å². The summed E-state index contributed by atoms with van der Waals surface area (Å²) in [6.07, 6.45) is 1.42. The number of thiazole rings is 1. The molecule has 24 heavy (non-hydrogen) atoms. The van der Waals surface area contributed by atoms with Crippen LogP contribution in [-0.2, 0) is 0 Å². The van der Waals surface area contributed by atoms with Crippen LogP contribution in [-0.4, -0.2) is 4.98 Å². The van der Waals surface area contributed by atoms with Gasteiger partial charge in [0.25, 0.3) is 0 Å². The van der Waals surface area contributed by atoms with E-state index in [1.807, 2.05) is 17.5 Å². The zero-order valence-electron chi connectivity index (χ0n) is 12.1. The number of aromatic nitrogens is 1. The van der Waals surface area contributed by atoms with Gasteiger partial charge in [0, 0.05) is 21.5 Å². The summed E-state index contributed by atoms with van der Waals surface area (Å²) in [5.41, 5.74) is 2.06.